The minimum atomic E-state index is -0.372. The number of aromatic nitrogens is 2. The fourth-order valence-electron chi connectivity index (χ4n) is 1.30. The van der Waals surface area contributed by atoms with E-state index in [1.54, 1.807) is 31.2 Å². The van der Waals surface area contributed by atoms with Crippen LogP contribution in [0.4, 0.5) is 0 Å². The van der Waals surface area contributed by atoms with Gasteiger partial charge in [-0.2, -0.15) is 4.98 Å². The molecule has 2 aromatic rings. The van der Waals surface area contributed by atoms with Crippen LogP contribution in [0.3, 0.4) is 0 Å². The van der Waals surface area contributed by atoms with Crippen LogP contribution in [0.5, 0.6) is 0 Å². The second kappa shape index (κ2) is 4.67. The maximum Gasteiger partial charge on any atom is 0.237 e. The summed E-state index contributed by atoms with van der Waals surface area (Å²) in [6, 6.07) is 7.10. The molecule has 88 valence electrons. The molecule has 0 aliphatic rings. The van der Waals surface area contributed by atoms with Gasteiger partial charge in [-0.05, 0) is 38.1 Å². The highest BCUT2D eigenvalue weighted by Crippen LogP contribution is 2.21. The number of nitrogens with zero attached hydrogens (tertiary/aromatic N) is 2. The highest BCUT2D eigenvalue weighted by atomic mass is 35.5. The van der Waals surface area contributed by atoms with Crippen molar-refractivity contribution >= 4 is 17.4 Å². The van der Waals surface area contributed by atoms with Crippen molar-refractivity contribution in [3.05, 3.63) is 35.2 Å². The molecule has 0 radical (unpaired) electrons. The third kappa shape index (κ3) is 2.53. The summed E-state index contributed by atoms with van der Waals surface area (Å²) in [4.78, 5) is 15.4. The normalized spacial score (nSPS) is 12.4. The van der Waals surface area contributed by atoms with Gasteiger partial charge < -0.3 is 4.52 Å². The number of carbonyl (C=O) groups is 1. The van der Waals surface area contributed by atoms with Crippen molar-refractivity contribution in [2.75, 3.05) is 0 Å². The molecule has 1 atom stereocenters. The fourth-order valence-corrected chi connectivity index (χ4v) is 1.43. The Kier molecular flexibility index (Phi) is 3.24. The summed E-state index contributed by atoms with van der Waals surface area (Å²) in [6.07, 6.45) is 0. The molecule has 1 aromatic heterocycles. The molecule has 5 heteroatoms. The molecule has 0 bridgehead atoms. The van der Waals surface area contributed by atoms with Gasteiger partial charge in [0, 0.05) is 10.6 Å². The monoisotopic (exact) mass is 250 g/mol. The Bertz CT molecular complexity index is 534. The molecule has 17 heavy (non-hydrogen) atoms. The van der Waals surface area contributed by atoms with Crippen LogP contribution in [0.2, 0.25) is 5.02 Å². The predicted octanol–water partition coefficient (Wildman–Crippen LogP) is 3.08. The third-order valence-corrected chi connectivity index (χ3v) is 2.78. The van der Waals surface area contributed by atoms with Crippen LogP contribution in [0.1, 0.15) is 25.7 Å². The number of hydrogen-bond acceptors (Lipinski definition) is 4. The van der Waals surface area contributed by atoms with Crippen molar-refractivity contribution in [1.82, 2.24) is 10.1 Å². The lowest BCUT2D eigenvalue weighted by Crippen LogP contribution is -2.04. The van der Waals surface area contributed by atoms with E-state index in [-0.39, 0.29) is 11.7 Å². The van der Waals surface area contributed by atoms with Crippen LogP contribution in [-0.2, 0) is 4.79 Å². The molecule has 1 aromatic carbocycles. The topological polar surface area (TPSA) is 56.0 Å². The van der Waals surface area contributed by atoms with E-state index in [4.69, 9.17) is 16.1 Å². The van der Waals surface area contributed by atoms with E-state index in [9.17, 15) is 4.79 Å². The van der Waals surface area contributed by atoms with E-state index in [1.807, 2.05) is 0 Å². The first kappa shape index (κ1) is 11.8. The zero-order chi connectivity index (χ0) is 12.4. The lowest BCUT2D eigenvalue weighted by atomic mass is 10.1. The summed E-state index contributed by atoms with van der Waals surface area (Å²) in [6.45, 7) is 3.23. The van der Waals surface area contributed by atoms with Gasteiger partial charge in [-0.15, -0.1) is 0 Å². The highest BCUT2D eigenvalue weighted by Gasteiger charge is 2.18. The first-order chi connectivity index (χ1) is 8.08. The average molecular weight is 251 g/mol. The van der Waals surface area contributed by atoms with Gasteiger partial charge >= 0.3 is 0 Å². The number of rotatable bonds is 3. The zero-order valence-electron chi connectivity index (χ0n) is 9.48. The SMILES string of the molecule is CC(=O)C(C)c1nc(-c2ccc(Cl)cc2)no1. The van der Waals surface area contributed by atoms with Gasteiger partial charge in [0.25, 0.3) is 0 Å². The van der Waals surface area contributed by atoms with Gasteiger partial charge in [0.15, 0.2) is 0 Å². The van der Waals surface area contributed by atoms with Gasteiger partial charge in [0.1, 0.15) is 5.78 Å². The predicted molar refractivity (Wildman–Crippen MR) is 63.8 cm³/mol. The molecule has 0 aliphatic carbocycles. The van der Waals surface area contributed by atoms with Crippen LogP contribution >= 0.6 is 11.6 Å². The Hall–Kier alpha value is -1.68. The molecular weight excluding hydrogens is 240 g/mol. The molecular formula is C12H11ClN2O2. The fraction of sp³-hybridized carbons (Fsp3) is 0.250. The van der Waals surface area contributed by atoms with E-state index in [1.165, 1.54) is 6.92 Å². The summed E-state index contributed by atoms with van der Waals surface area (Å²) in [5.41, 5.74) is 0.806. The highest BCUT2D eigenvalue weighted by molar-refractivity contribution is 6.30. The molecule has 1 heterocycles. The number of carbonyl (C=O) groups excluding carboxylic acids is 1. The Labute approximate surface area is 104 Å². The number of hydrogen-bond donors (Lipinski definition) is 0. The quantitative estimate of drug-likeness (QED) is 0.840. The van der Waals surface area contributed by atoms with E-state index < -0.39 is 0 Å². The lowest BCUT2D eigenvalue weighted by Gasteiger charge is -1.98. The largest absolute Gasteiger partial charge is 0.338 e. The summed E-state index contributed by atoms with van der Waals surface area (Å²) in [5, 5.41) is 4.49. The number of benzene rings is 1. The molecule has 0 aliphatic heterocycles. The zero-order valence-corrected chi connectivity index (χ0v) is 10.2. The molecule has 1 unspecified atom stereocenters. The van der Waals surface area contributed by atoms with E-state index in [0.717, 1.165) is 5.56 Å². The van der Waals surface area contributed by atoms with Gasteiger partial charge in [-0.25, -0.2) is 0 Å². The standard InChI is InChI=1S/C12H11ClN2O2/c1-7(8(2)16)12-14-11(15-17-12)9-3-5-10(13)6-4-9/h3-7H,1-2H3. The van der Waals surface area contributed by atoms with Crippen molar-refractivity contribution in [1.29, 1.82) is 0 Å². The van der Waals surface area contributed by atoms with Gasteiger partial charge in [-0.1, -0.05) is 16.8 Å². The molecule has 0 N–H and O–H groups in total. The second-order valence-corrected chi connectivity index (χ2v) is 4.23. The first-order valence-electron chi connectivity index (χ1n) is 5.18. The molecule has 2 rings (SSSR count). The number of Topliss-reactive ketones (excluding diaryl/α,β-unsaturated/α-hetero) is 1. The van der Waals surface area contributed by atoms with E-state index in [2.05, 4.69) is 10.1 Å². The Morgan fingerprint density at radius 3 is 2.59 bits per heavy atom. The summed E-state index contributed by atoms with van der Waals surface area (Å²) >= 11 is 5.79. The third-order valence-electron chi connectivity index (χ3n) is 2.52. The van der Waals surface area contributed by atoms with Gasteiger partial charge in [0.05, 0.1) is 5.92 Å². The molecule has 0 saturated carbocycles. The summed E-state index contributed by atoms with van der Waals surface area (Å²) < 4.78 is 5.06. The Morgan fingerprint density at radius 1 is 1.35 bits per heavy atom. The van der Waals surface area contributed by atoms with Crippen molar-refractivity contribution in [2.24, 2.45) is 0 Å². The number of ketones is 1. The maximum absolute atomic E-state index is 11.2. The molecule has 0 fully saturated rings. The van der Waals surface area contributed by atoms with Gasteiger partial charge in [0.2, 0.25) is 11.7 Å². The van der Waals surface area contributed by atoms with E-state index >= 15 is 0 Å². The number of halogens is 1. The van der Waals surface area contributed by atoms with Crippen LogP contribution in [0.15, 0.2) is 28.8 Å². The van der Waals surface area contributed by atoms with Crippen molar-refractivity contribution in [3.63, 3.8) is 0 Å². The average Bonchev–Trinajstić information content (AvgIpc) is 2.78. The molecule has 0 amide bonds. The Morgan fingerprint density at radius 2 is 2.00 bits per heavy atom. The molecule has 0 saturated heterocycles. The van der Waals surface area contributed by atoms with Crippen molar-refractivity contribution < 1.29 is 9.32 Å². The van der Waals surface area contributed by atoms with Crippen LogP contribution in [0.25, 0.3) is 11.4 Å². The summed E-state index contributed by atoms with van der Waals surface area (Å²) in [7, 11) is 0. The molecule has 0 spiro atoms. The van der Waals surface area contributed by atoms with Gasteiger partial charge in [-0.3, -0.25) is 4.79 Å². The Balaban J connectivity index is 2.29. The minimum absolute atomic E-state index is 0.00342. The first-order valence-corrected chi connectivity index (χ1v) is 5.55. The van der Waals surface area contributed by atoms with E-state index in [0.29, 0.717) is 16.7 Å². The maximum atomic E-state index is 11.2. The second-order valence-electron chi connectivity index (χ2n) is 3.80. The van der Waals surface area contributed by atoms with Crippen LogP contribution in [-0.4, -0.2) is 15.9 Å². The van der Waals surface area contributed by atoms with Crippen LogP contribution < -0.4 is 0 Å². The molecule has 4 nitrogen and oxygen atoms in total. The van der Waals surface area contributed by atoms with Crippen molar-refractivity contribution in [2.45, 2.75) is 19.8 Å². The minimum Gasteiger partial charge on any atom is -0.338 e. The van der Waals surface area contributed by atoms with Crippen molar-refractivity contribution in [3.8, 4) is 11.4 Å². The lowest BCUT2D eigenvalue weighted by molar-refractivity contribution is -0.118. The summed E-state index contributed by atoms with van der Waals surface area (Å²) in [5.74, 6) is 0.423. The smallest absolute Gasteiger partial charge is 0.237 e. The van der Waals surface area contributed by atoms with Crippen LogP contribution in [0, 0.1) is 0 Å².